The van der Waals surface area contributed by atoms with Crippen LogP contribution in [0.2, 0.25) is 0 Å². The summed E-state index contributed by atoms with van der Waals surface area (Å²) < 4.78 is 29.3. The first-order valence-electron chi connectivity index (χ1n) is 6.03. The Morgan fingerprint density at radius 2 is 1.80 bits per heavy atom. The zero-order valence-electron chi connectivity index (χ0n) is 11.4. The molecule has 0 saturated heterocycles. The van der Waals surface area contributed by atoms with Crippen LogP contribution in [0.3, 0.4) is 0 Å². The van der Waals surface area contributed by atoms with Crippen LogP contribution in [-0.4, -0.2) is 14.2 Å². The summed E-state index contributed by atoms with van der Waals surface area (Å²) in [6.07, 6.45) is 0. The summed E-state index contributed by atoms with van der Waals surface area (Å²) in [5, 5.41) is 0. The molecule has 0 aromatic heterocycles. The Bertz CT molecular complexity index is 581. The molecule has 0 aliphatic heterocycles. The van der Waals surface area contributed by atoms with E-state index >= 15 is 0 Å². The molecule has 4 nitrogen and oxygen atoms in total. The minimum absolute atomic E-state index is 0.0577. The summed E-state index contributed by atoms with van der Waals surface area (Å²) >= 11 is 0. The highest BCUT2D eigenvalue weighted by Crippen LogP contribution is 2.29. The van der Waals surface area contributed by atoms with Crippen LogP contribution in [0.4, 0.5) is 10.1 Å². The largest absolute Gasteiger partial charge is 0.493 e. The lowest BCUT2D eigenvalue weighted by Crippen LogP contribution is -2.01. The van der Waals surface area contributed by atoms with Gasteiger partial charge in [0, 0.05) is 0 Å². The van der Waals surface area contributed by atoms with E-state index in [1.807, 2.05) is 6.07 Å². The van der Waals surface area contributed by atoms with Gasteiger partial charge >= 0.3 is 0 Å². The Morgan fingerprint density at radius 1 is 1.05 bits per heavy atom. The van der Waals surface area contributed by atoms with E-state index in [0.717, 1.165) is 5.56 Å². The van der Waals surface area contributed by atoms with Gasteiger partial charge in [0.05, 0.1) is 19.9 Å². The van der Waals surface area contributed by atoms with Gasteiger partial charge in [-0.3, -0.25) is 0 Å². The number of benzene rings is 2. The molecule has 2 aromatic rings. The molecule has 0 spiro atoms. The minimum Gasteiger partial charge on any atom is -0.493 e. The molecule has 0 bridgehead atoms. The number of rotatable bonds is 5. The standard InChI is InChI=1S/C15H16FNO3/c1-18-13-7-6-10(8-14(13)19-2)9-20-15-11(16)4-3-5-12(15)17/h3-8H,9,17H2,1-2H3. The number of hydrogen-bond donors (Lipinski definition) is 1. The Hall–Kier alpha value is -2.43. The van der Waals surface area contributed by atoms with Crippen LogP contribution >= 0.6 is 0 Å². The lowest BCUT2D eigenvalue weighted by atomic mass is 10.2. The van der Waals surface area contributed by atoms with Crippen LogP contribution in [0.5, 0.6) is 17.2 Å². The predicted octanol–water partition coefficient (Wildman–Crippen LogP) is 3.00. The highest BCUT2D eigenvalue weighted by atomic mass is 19.1. The van der Waals surface area contributed by atoms with Gasteiger partial charge in [-0.15, -0.1) is 0 Å². The summed E-state index contributed by atoms with van der Waals surface area (Å²) in [5.74, 6) is 0.796. The van der Waals surface area contributed by atoms with Crippen molar-refractivity contribution in [2.45, 2.75) is 6.61 Å². The zero-order valence-corrected chi connectivity index (χ0v) is 11.4. The van der Waals surface area contributed by atoms with Crippen molar-refractivity contribution >= 4 is 5.69 Å². The van der Waals surface area contributed by atoms with Crippen LogP contribution in [-0.2, 0) is 6.61 Å². The van der Waals surface area contributed by atoms with E-state index in [-0.39, 0.29) is 18.0 Å². The van der Waals surface area contributed by atoms with E-state index in [2.05, 4.69) is 0 Å². The fraction of sp³-hybridized carbons (Fsp3) is 0.200. The third-order valence-corrected chi connectivity index (χ3v) is 2.83. The minimum atomic E-state index is -0.481. The maximum Gasteiger partial charge on any atom is 0.178 e. The van der Waals surface area contributed by atoms with Gasteiger partial charge in [-0.2, -0.15) is 0 Å². The van der Waals surface area contributed by atoms with Crippen molar-refractivity contribution in [2.24, 2.45) is 0 Å². The summed E-state index contributed by atoms with van der Waals surface area (Å²) in [6, 6.07) is 9.79. The van der Waals surface area contributed by atoms with Crippen molar-refractivity contribution < 1.29 is 18.6 Å². The van der Waals surface area contributed by atoms with Gasteiger partial charge in [-0.05, 0) is 29.8 Å². The lowest BCUT2D eigenvalue weighted by Gasteiger charge is -2.12. The second kappa shape index (κ2) is 6.14. The second-order valence-electron chi connectivity index (χ2n) is 4.14. The number of hydrogen-bond acceptors (Lipinski definition) is 4. The number of para-hydroxylation sites is 1. The van der Waals surface area contributed by atoms with E-state index in [0.29, 0.717) is 11.5 Å². The molecule has 0 heterocycles. The van der Waals surface area contributed by atoms with Crippen molar-refractivity contribution in [2.75, 3.05) is 20.0 Å². The summed E-state index contributed by atoms with van der Waals surface area (Å²) in [5.41, 5.74) is 6.77. The third-order valence-electron chi connectivity index (χ3n) is 2.83. The van der Waals surface area contributed by atoms with Gasteiger partial charge in [-0.25, -0.2) is 4.39 Å². The molecule has 5 heteroatoms. The number of ether oxygens (including phenoxy) is 3. The van der Waals surface area contributed by atoms with Crippen molar-refractivity contribution in [3.05, 3.63) is 47.8 Å². The van der Waals surface area contributed by atoms with Crippen molar-refractivity contribution in [3.8, 4) is 17.2 Å². The van der Waals surface area contributed by atoms with E-state index in [1.165, 1.54) is 12.1 Å². The smallest absolute Gasteiger partial charge is 0.178 e. The molecule has 0 radical (unpaired) electrons. The molecule has 0 atom stereocenters. The molecule has 0 aliphatic carbocycles. The van der Waals surface area contributed by atoms with Gasteiger partial charge < -0.3 is 19.9 Å². The average Bonchev–Trinajstić information content (AvgIpc) is 2.46. The monoisotopic (exact) mass is 277 g/mol. The van der Waals surface area contributed by atoms with Crippen molar-refractivity contribution in [1.82, 2.24) is 0 Å². The highest BCUT2D eigenvalue weighted by molar-refractivity contribution is 5.53. The van der Waals surface area contributed by atoms with Gasteiger partial charge in [0.2, 0.25) is 0 Å². The fourth-order valence-corrected chi connectivity index (χ4v) is 1.80. The van der Waals surface area contributed by atoms with Crippen LogP contribution in [0.25, 0.3) is 0 Å². The molecule has 20 heavy (non-hydrogen) atoms. The Kier molecular flexibility index (Phi) is 4.30. The SMILES string of the molecule is COc1ccc(COc2c(N)cccc2F)cc1OC. The summed E-state index contributed by atoms with van der Waals surface area (Å²) in [7, 11) is 3.12. The van der Waals surface area contributed by atoms with Crippen molar-refractivity contribution in [3.63, 3.8) is 0 Å². The van der Waals surface area contributed by atoms with Gasteiger partial charge in [0.15, 0.2) is 23.1 Å². The van der Waals surface area contributed by atoms with E-state index in [4.69, 9.17) is 19.9 Å². The Morgan fingerprint density at radius 3 is 2.45 bits per heavy atom. The van der Waals surface area contributed by atoms with Crippen molar-refractivity contribution in [1.29, 1.82) is 0 Å². The predicted molar refractivity (Wildman–Crippen MR) is 74.7 cm³/mol. The topological polar surface area (TPSA) is 53.7 Å². The quantitative estimate of drug-likeness (QED) is 0.854. The molecule has 0 unspecified atom stereocenters. The maximum atomic E-state index is 13.6. The second-order valence-corrected chi connectivity index (χ2v) is 4.14. The van der Waals surface area contributed by atoms with Crippen LogP contribution in [0, 0.1) is 5.82 Å². The number of nitrogens with two attached hydrogens (primary N) is 1. The van der Waals surface area contributed by atoms with Crippen LogP contribution < -0.4 is 19.9 Å². The number of halogens is 1. The normalized spacial score (nSPS) is 10.2. The first-order valence-corrected chi connectivity index (χ1v) is 6.03. The molecule has 0 aliphatic rings. The van der Waals surface area contributed by atoms with Gasteiger partial charge in [0.1, 0.15) is 6.61 Å². The molecule has 2 N–H and O–H groups in total. The van der Waals surface area contributed by atoms with Gasteiger partial charge in [0.25, 0.3) is 0 Å². The van der Waals surface area contributed by atoms with Crippen LogP contribution in [0.15, 0.2) is 36.4 Å². The number of methoxy groups -OCH3 is 2. The fourth-order valence-electron chi connectivity index (χ4n) is 1.80. The number of anilines is 1. The highest BCUT2D eigenvalue weighted by Gasteiger charge is 2.09. The molecule has 0 saturated carbocycles. The van der Waals surface area contributed by atoms with E-state index < -0.39 is 5.82 Å². The average molecular weight is 277 g/mol. The molecule has 0 fully saturated rings. The van der Waals surface area contributed by atoms with Crippen LogP contribution in [0.1, 0.15) is 5.56 Å². The first-order chi connectivity index (χ1) is 9.65. The van der Waals surface area contributed by atoms with Gasteiger partial charge in [-0.1, -0.05) is 12.1 Å². The summed E-state index contributed by atoms with van der Waals surface area (Å²) in [6.45, 7) is 0.186. The zero-order chi connectivity index (χ0) is 14.5. The maximum absolute atomic E-state index is 13.6. The number of nitrogen functional groups attached to an aromatic ring is 1. The molecule has 2 aromatic carbocycles. The Labute approximate surface area is 116 Å². The first kappa shape index (κ1) is 14.0. The Balaban J connectivity index is 2.15. The molecular formula is C15H16FNO3. The third kappa shape index (κ3) is 2.93. The molecule has 2 rings (SSSR count). The van der Waals surface area contributed by atoms with E-state index in [1.54, 1.807) is 32.4 Å². The lowest BCUT2D eigenvalue weighted by molar-refractivity contribution is 0.290. The molecular weight excluding hydrogens is 261 g/mol. The van der Waals surface area contributed by atoms with E-state index in [9.17, 15) is 4.39 Å². The molecule has 0 amide bonds. The molecule has 106 valence electrons. The summed E-state index contributed by atoms with van der Waals surface area (Å²) in [4.78, 5) is 0.